The third-order valence-electron chi connectivity index (χ3n) is 4.31. The Kier molecular flexibility index (Phi) is 5.22. The van der Waals surface area contributed by atoms with Gasteiger partial charge in [-0.1, -0.05) is 60.7 Å². The molecule has 3 nitrogen and oxygen atoms in total. The lowest BCUT2D eigenvalue weighted by molar-refractivity contribution is -0.0224. The smallest absolute Gasteiger partial charge is 0.0948 e. The summed E-state index contributed by atoms with van der Waals surface area (Å²) in [6, 6.07) is 20.4. The molecule has 1 aliphatic heterocycles. The van der Waals surface area contributed by atoms with E-state index >= 15 is 0 Å². The van der Waals surface area contributed by atoms with Crippen LogP contribution in [-0.2, 0) is 11.2 Å². The quantitative estimate of drug-likeness (QED) is 0.921. The molecule has 3 rings (SSSR count). The first kappa shape index (κ1) is 15.2. The third kappa shape index (κ3) is 3.74. The van der Waals surface area contributed by atoms with Crippen molar-refractivity contribution in [2.75, 3.05) is 26.3 Å². The zero-order chi connectivity index (χ0) is 15.2. The maximum atomic E-state index is 10.9. The van der Waals surface area contributed by atoms with Gasteiger partial charge in [-0.25, -0.2) is 0 Å². The standard InChI is InChI=1S/C19H23NO2/c21-19(17-9-5-2-6-10-17)18(20-11-13-22-14-12-20)15-16-7-3-1-4-8-16/h1-10,18-19,21H,11-15H2/t18-,19+/m0/s1. The fraction of sp³-hybridized carbons (Fsp3) is 0.368. The van der Waals surface area contributed by atoms with Gasteiger partial charge in [-0.2, -0.15) is 0 Å². The van der Waals surface area contributed by atoms with E-state index in [1.165, 1.54) is 5.56 Å². The average molecular weight is 297 g/mol. The fourth-order valence-electron chi connectivity index (χ4n) is 3.08. The van der Waals surface area contributed by atoms with Crippen molar-refractivity contribution in [3.63, 3.8) is 0 Å². The topological polar surface area (TPSA) is 32.7 Å². The van der Waals surface area contributed by atoms with E-state index in [0.29, 0.717) is 0 Å². The van der Waals surface area contributed by atoms with Crippen molar-refractivity contribution in [2.24, 2.45) is 0 Å². The van der Waals surface area contributed by atoms with Crippen LogP contribution in [0.3, 0.4) is 0 Å². The molecular formula is C19H23NO2. The van der Waals surface area contributed by atoms with E-state index in [1.54, 1.807) is 0 Å². The lowest BCUT2D eigenvalue weighted by Gasteiger charge is -2.37. The molecule has 1 saturated heterocycles. The van der Waals surface area contributed by atoms with Crippen molar-refractivity contribution in [3.05, 3.63) is 71.8 Å². The molecule has 0 amide bonds. The minimum atomic E-state index is -0.487. The van der Waals surface area contributed by atoms with Gasteiger partial charge in [0.2, 0.25) is 0 Å². The second-order valence-corrected chi connectivity index (χ2v) is 5.76. The molecule has 116 valence electrons. The fourth-order valence-corrected chi connectivity index (χ4v) is 3.08. The molecule has 0 radical (unpaired) electrons. The summed E-state index contributed by atoms with van der Waals surface area (Å²) in [6.45, 7) is 3.24. The van der Waals surface area contributed by atoms with Gasteiger partial charge in [-0.3, -0.25) is 4.90 Å². The second kappa shape index (κ2) is 7.54. The lowest BCUT2D eigenvalue weighted by Crippen LogP contribution is -2.47. The first-order chi connectivity index (χ1) is 10.8. The van der Waals surface area contributed by atoms with Crippen molar-refractivity contribution < 1.29 is 9.84 Å². The summed E-state index contributed by atoms with van der Waals surface area (Å²) >= 11 is 0. The van der Waals surface area contributed by atoms with E-state index in [2.05, 4.69) is 29.2 Å². The van der Waals surface area contributed by atoms with Gasteiger partial charge in [0.15, 0.2) is 0 Å². The molecule has 1 N–H and O–H groups in total. The van der Waals surface area contributed by atoms with Crippen LogP contribution in [0.1, 0.15) is 17.2 Å². The Hall–Kier alpha value is -1.68. The number of aliphatic hydroxyl groups is 1. The Bertz CT molecular complexity index is 552. The van der Waals surface area contributed by atoms with Crippen LogP contribution in [0, 0.1) is 0 Å². The lowest BCUT2D eigenvalue weighted by atomic mass is 9.94. The van der Waals surface area contributed by atoms with Crippen LogP contribution in [0.4, 0.5) is 0 Å². The Morgan fingerprint density at radius 3 is 2.14 bits per heavy atom. The molecule has 1 heterocycles. The molecule has 0 spiro atoms. The Labute approximate surface area is 132 Å². The van der Waals surface area contributed by atoms with Crippen molar-refractivity contribution in [1.82, 2.24) is 4.90 Å². The first-order valence-corrected chi connectivity index (χ1v) is 7.93. The highest BCUT2D eigenvalue weighted by molar-refractivity contribution is 5.22. The highest BCUT2D eigenvalue weighted by Crippen LogP contribution is 2.25. The summed E-state index contributed by atoms with van der Waals surface area (Å²) in [5.41, 5.74) is 2.24. The molecule has 0 aliphatic carbocycles. The van der Waals surface area contributed by atoms with E-state index in [9.17, 15) is 5.11 Å². The summed E-state index contributed by atoms with van der Waals surface area (Å²) in [6.07, 6.45) is 0.358. The maximum Gasteiger partial charge on any atom is 0.0948 e. The molecular weight excluding hydrogens is 274 g/mol. The zero-order valence-electron chi connectivity index (χ0n) is 12.8. The van der Waals surface area contributed by atoms with Gasteiger partial charge in [0, 0.05) is 19.1 Å². The molecule has 0 aromatic heterocycles. The van der Waals surface area contributed by atoms with Crippen LogP contribution in [0.2, 0.25) is 0 Å². The SMILES string of the molecule is O[C@H](c1ccccc1)[C@H](Cc1ccccc1)N1CCOCC1. The number of hydrogen-bond donors (Lipinski definition) is 1. The molecule has 0 saturated carbocycles. The van der Waals surface area contributed by atoms with Crippen LogP contribution < -0.4 is 0 Å². The first-order valence-electron chi connectivity index (χ1n) is 7.93. The van der Waals surface area contributed by atoms with Crippen LogP contribution in [-0.4, -0.2) is 42.4 Å². The van der Waals surface area contributed by atoms with Gasteiger partial charge in [-0.15, -0.1) is 0 Å². The number of morpholine rings is 1. The summed E-state index contributed by atoms with van der Waals surface area (Å²) in [5.74, 6) is 0. The zero-order valence-corrected chi connectivity index (χ0v) is 12.8. The molecule has 2 aromatic rings. The van der Waals surface area contributed by atoms with Crippen LogP contribution >= 0.6 is 0 Å². The monoisotopic (exact) mass is 297 g/mol. The predicted molar refractivity (Wildman–Crippen MR) is 87.7 cm³/mol. The molecule has 1 aliphatic rings. The molecule has 0 unspecified atom stereocenters. The molecule has 2 atom stereocenters. The van der Waals surface area contributed by atoms with E-state index in [0.717, 1.165) is 38.3 Å². The minimum absolute atomic E-state index is 0.0775. The van der Waals surface area contributed by atoms with Gasteiger partial charge in [0.25, 0.3) is 0 Å². The normalized spacial score (nSPS) is 18.8. The highest BCUT2D eigenvalue weighted by Gasteiger charge is 2.28. The summed E-state index contributed by atoms with van der Waals surface area (Å²) in [7, 11) is 0. The van der Waals surface area contributed by atoms with Crippen molar-refractivity contribution in [2.45, 2.75) is 18.6 Å². The van der Waals surface area contributed by atoms with E-state index in [-0.39, 0.29) is 6.04 Å². The van der Waals surface area contributed by atoms with E-state index < -0.39 is 6.10 Å². The van der Waals surface area contributed by atoms with Gasteiger partial charge in [0.05, 0.1) is 19.3 Å². The largest absolute Gasteiger partial charge is 0.387 e. The van der Waals surface area contributed by atoms with Gasteiger partial charge >= 0.3 is 0 Å². The maximum absolute atomic E-state index is 10.9. The Morgan fingerprint density at radius 1 is 0.909 bits per heavy atom. The molecule has 3 heteroatoms. The Balaban J connectivity index is 1.81. The van der Waals surface area contributed by atoms with E-state index in [1.807, 2.05) is 36.4 Å². The number of benzene rings is 2. The summed E-state index contributed by atoms with van der Waals surface area (Å²) < 4.78 is 5.46. The molecule has 22 heavy (non-hydrogen) atoms. The molecule has 2 aromatic carbocycles. The predicted octanol–water partition coefficient (Wildman–Crippen LogP) is 2.66. The highest BCUT2D eigenvalue weighted by atomic mass is 16.5. The minimum Gasteiger partial charge on any atom is -0.387 e. The number of rotatable bonds is 5. The average Bonchev–Trinajstić information content (AvgIpc) is 2.61. The van der Waals surface area contributed by atoms with Crippen molar-refractivity contribution in [1.29, 1.82) is 0 Å². The van der Waals surface area contributed by atoms with Gasteiger partial charge in [0.1, 0.15) is 0 Å². The number of aliphatic hydroxyl groups excluding tert-OH is 1. The van der Waals surface area contributed by atoms with Gasteiger partial charge in [-0.05, 0) is 17.5 Å². The molecule has 0 bridgehead atoms. The van der Waals surface area contributed by atoms with Crippen molar-refractivity contribution in [3.8, 4) is 0 Å². The van der Waals surface area contributed by atoms with Crippen LogP contribution in [0.5, 0.6) is 0 Å². The van der Waals surface area contributed by atoms with Crippen molar-refractivity contribution >= 4 is 0 Å². The summed E-state index contributed by atoms with van der Waals surface area (Å²) in [5, 5.41) is 10.9. The van der Waals surface area contributed by atoms with Gasteiger partial charge < -0.3 is 9.84 Å². The number of nitrogens with zero attached hydrogens (tertiary/aromatic N) is 1. The number of ether oxygens (including phenoxy) is 1. The Morgan fingerprint density at radius 2 is 1.50 bits per heavy atom. The summed E-state index contributed by atoms with van der Waals surface area (Å²) in [4.78, 5) is 2.36. The number of hydrogen-bond acceptors (Lipinski definition) is 3. The molecule has 1 fully saturated rings. The second-order valence-electron chi connectivity index (χ2n) is 5.76. The van der Waals surface area contributed by atoms with Crippen LogP contribution in [0.25, 0.3) is 0 Å². The third-order valence-corrected chi connectivity index (χ3v) is 4.31. The van der Waals surface area contributed by atoms with E-state index in [4.69, 9.17) is 4.74 Å². The van der Waals surface area contributed by atoms with Crippen LogP contribution in [0.15, 0.2) is 60.7 Å².